The molecule has 2 atom stereocenters. The molecule has 0 saturated carbocycles. The first kappa shape index (κ1) is 14.7. The van der Waals surface area contributed by atoms with E-state index in [0.29, 0.717) is 0 Å². The van der Waals surface area contributed by atoms with Crippen molar-refractivity contribution in [2.24, 2.45) is 0 Å². The molecule has 1 aromatic carbocycles. The van der Waals surface area contributed by atoms with Gasteiger partial charge in [0.2, 0.25) is 0 Å². The topological polar surface area (TPSA) is 38.7 Å². The zero-order valence-corrected chi connectivity index (χ0v) is 13.7. The molecular formula is C15H19BrO3S. The number of benzene rings is 1. The van der Waals surface area contributed by atoms with Gasteiger partial charge in [0.25, 0.3) is 0 Å². The summed E-state index contributed by atoms with van der Waals surface area (Å²) in [6.45, 7) is 0.841. The van der Waals surface area contributed by atoms with Crippen LogP contribution in [0.5, 0.6) is 5.75 Å². The van der Waals surface area contributed by atoms with Crippen molar-refractivity contribution in [2.45, 2.75) is 37.6 Å². The number of thioether (sulfide) groups is 1. The Morgan fingerprint density at radius 2 is 2.40 bits per heavy atom. The molecule has 2 aliphatic rings. The van der Waals surface area contributed by atoms with Crippen LogP contribution in [0.2, 0.25) is 0 Å². The van der Waals surface area contributed by atoms with Gasteiger partial charge in [-0.25, -0.2) is 0 Å². The summed E-state index contributed by atoms with van der Waals surface area (Å²) in [5, 5.41) is 9.13. The Balaban J connectivity index is 1.68. The Morgan fingerprint density at radius 3 is 3.10 bits per heavy atom. The number of aliphatic hydroxyl groups is 1. The van der Waals surface area contributed by atoms with Crippen LogP contribution < -0.4 is 4.74 Å². The van der Waals surface area contributed by atoms with E-state index in [2.05, 4.69) is 15.9 Å². The Hall–Kier alpha value is -0.230. The zero-order chi connectivity index (χ0) is 14.0. The molecule has 1 N–H and O–H groups in total. The number of rotatable bonds is 3. The minimum Gasteiger partial charge on any atom is -0.489 e. The Morgan fingerprint density at radius 1 is 1.50 bits per heavy atom. The minimum absolute atomic E-state index is 0.0467. The predicted octanol–water partition coefficient (Wildman–Crippen LogP) is 3.37. The molecule has 2 fully saturated rings. The lowest BCUT2D eigenvalue weighted by molar-refractivity contribution is -0.0960. The molecule has 0 amide bonds. The number of hydrogen-bond donors (Lipinski definition) is 1. The van der Waals surface area contributed by atoms with Crippen molar-refractivity contribution < 1.29 is 14.6 Å². The van der Waals surface area contributed by atoms with Gasteiger partial charge in [-0.05, 0) is 45.8 Å². The number of halogens is 1. The van der Waals surface area contributed by atoms with Crippen molar-refractivity contribution in [2.75, 3.05) is 18.1 Å². The van der Waals surface area contributed by atoms with Gasteiger partial charge in [0.15, 0.2) is 0 Å². The highest BCUT2D eigenvalue weighted by Crippen LogP contribution is 2.40. The van der Waals surface area contributed by atoms with E-state index in [-0.39, 0.29) is 18.3 Å². The van der Waals surface area contributed by atoms with Crippen molar-refractivity contribution in [1.29, 1.82) is 0 Å². The van der Waals surface area contributed by atoms with Crippen LogP contribution in [0.3, 0.4) is 0 Å². The normalized spacial score (nSPS) is 29.8. The molecule has 110 valence electrons. The van der Waals surface area contributed by atoms with Gasteiger partial charge in [0, 0.05) is 18.6 Å². The van der Waals surface area contributed by atoms with E-state index in [0.717, 1.165) is 47.4 Å². The zero-order valence-electron chi connectivity index (χ0n) is 11.3. The summed E-state index contributed by atoms with van der Waals surface area (Å²) in [4.78, 5) is 0. The largest absolute Gasteiger partial charge is 0.489 e. The van der Waals surface area contributed by atoms with Crippen molar-refractivity contribution >= 4 is 27.7 Å². The average Bonchev–Trinajstić information content (AvgIpc) is 2.89. The molecule has 5 heteroatoms. The molecule has 0 radical (unpaired) electrons. The third-order valence-electron chi connectivity index (χ3n) is 3.99. The molecule has 2 heterocycles. The quantitative estimate of drug-likeness (QED) is 0.898. The SMILES string of the molecule is OCc1ccc(OC2CCOC3(CCSC3)C2)c(Br)c1. The second-order valence-electron chi connectivity index (χ2n) is 5.49. The smallest absolute Gasteiger partial charge is 0.133 e. The molecule has 20 heavy (non-hydrogen) atoms. The van der Waals surface area contributed by atoms with Crippen LogP contribution in [-0.2, 0) is 11.3 Å². The van der Waals surface area contributed by atoms with Gasteiger partial charge in [0.1, 0.15) is 11.9 Å². The molecule has 0 bridgehead atoms. The van der Waals surface area contributed by atoms with Crippen LogP contribution in [0.15, 0.2) is 22.7 Å². The molecular weight excluding hydrogens is 340 g/mol. The fraction of sp³-hybridized carbons (Fsp3) is 0.600. The van der Waals surface area contributed by atoms with Gasteiger partial charge < -0.3 is 14.6 Å². The van der Waals surface area contributed by atoms with Crippen molar-refractivity contribution in [3.8, 4) is 5.75 Å². The molecule has 2 saturated heterocycles. The van der Waals surface area contributed by atoms with Gasteiger partial charge in [-0.3, -0.25) is 0 Å². The second kappa shape index (κ2) is 6.26. The number of hydrogen-bond acceptors (Lipinski definition) is 4. The van der Waals surface area contributed by atoms with Crippen LogP contribution in [0, 0.1) is 0 Å². The highest BCUT2D eigenvalue weighted by Gasteiger charge is 2.41. The first-order chi connectivity index (χ1) is 9.71. The summed E-state index contributed by atoms with van der Waals surface area (Å²) < 4.78 is 13.1. The highest BCUT2D eigenvalue weighted by molar-refractivity contribution is 9.10. The maximum atomic E-state index is 9.13. The Labute approximate surface area is 132 Å². The van der Waals surface area contributed by atoms with E-state index < -0.39 is 0 Å². The third kappa shape index (κ3) is 3.16. The lowest BCUT2D eigenvalue weighted by Gasteiger charge is -2.37. The molecule has 1 spiro atoms. The summed E-state index contributed by atoms with van der Waals surface area (Å²) in [6, 6.07) is 5.75. The second-order valence-corrected chi connectivity index (χ2v) is 7.45. The molecule has 0 aromatic heterocycles. The Kier molecular flexibility index (Phi) is 4.60. The van der Waals surface area contributed by atoms with Crippen LogP contribution in [0.4, 0.5) is 0 Å². The van der Waals surface area contributed by atoms with E-state index in [1.807, 2.05) is 30.0 Å². The lowest BCUT2D eigenvalue weighted by atomic mass is 9.91. The first-order valence-electron chi connectivity index (χ1n) is 6.98. The van der Waals surface area contributed by atoms with Crippen LogP contribution >= 0.6 is 27.7 Å². The van der Waals surface area contributed by atoms with Crippen molar-refractivity contribution in [3.63, 3.8) is 0 Å². The van der Waals surface area contributed by atoms with Crippen molar-refractivity contribution in [1.82, 2.24) is 0 Å². The maximum absolute atomic E-state index is 9.13. The number of aliphatic hydroxyl groups excluding tert-OH is 1. The molecule has 2 unspecified atom stereocenters. The van der Waals surface area contributed by atoms with Gasteiger partial charge in [0.05, 0.1) is 23.3 Å². The molecule has 2 aliphatic heterocycles. The maximum Gasteiger partial charge on any atom is 0.133 e. The van der Waals surface area contributed by atoms with Crippen LogP contribution in [-0.4, -0.2) is 34.9 Å². The van der Waals surface area contributed by atoms with Gasteiger partial charge in [-0.1, -0.05) is 6.07 Å². The van der Waals surface area contributed by atoms with E-state index in [4.69, 9.17) is 14.6 Å². The summed E-state index contributed by atoms with van der Waals surface area (Å²) in [7, 11) is 0. The van der Waals surface area contributed by atoms with E-state index in [9.17, 15) is 0 Å². The van der Waals surface area contributed by atoms with Crippen molar-refractivity contribution in [3.05, 3.63) is 28.2 Å². The minimum atomic E-state index is 0.0467. The summed E-state index contributed by atoms with van der Waals surface area (Å²) in [6.07, 6.45) is 3.29. The fourth-order valence-corrected chi connectivity index (χ4v) is 4.76. The summed E-state index contributed by atoms with van der Waals surface area (Å²) >= 11 is 5.50. The van der Waals surface area contributed by atoms with E-state index in [1.165, 1.54) is 5.75 Å². The monoisotopic (exact) mass is 358 g/mol. The predicted molar refractivity (Wildman–Crippen MR) is 84.3 cm³/mol. The van der Waals surface area contributed by atoms with Gasteiger partial charge in [-0.2, -0.15) is 11.8 Å². The fourth-order valence-electron chi connectivity index (χ4n) is 2.86. The Bertz CT molecular complexity index is 474. The average molecular weight is 359 g/mol. The first-order valence-corrected chi connectivity index (χ1v) is 8.93. The highest BCUT2D eigenvalue weighted by atomic mass is 79.9. The van der Waals surface area contributed by atoms with Crippen LogP contribution in [0.1, 0.15) is 24.8 Å². The molecule has 3 rings (SSSR count). The number of ether oxygens (including phenoxy) is 2. The standard InChI is InChI=1S/C15H19BrO3S/c16-13-7-11(9-17)1-2-14(13)19-12-3-5-18-15(8-12)4-6-20-10-15/h1-2,7,12,17H,3-6,8-10H2. The molecule has 0 aliphatic carbocycles. The lowest BCUT2D eigenvalue weighted by Crippen LogP contribution is -2.43. The van der Waals surface area contributed by atoms with Gasteiger partial charge in [-0.15, -0.1) is 0 Å². The van der Waals surface area contributed by atoms with E-state index in [1.54, 1.807) is 0 Å². The summed E-state index contributed by atoms with van der Waals surface area (Å²) in [5.74, 6) is 3.15. The third-order valence-corrected chi connectivity index (χ3v) is 5.83. The van der Waals surface area contributed by atoms with E-state index >= 15 is 0 Å². The molecule has 3 nitrogen and oxygen atoms in total. The van der Waals surface area contributed by atoms with Gasteiger partial charge >= 0.3 is 0 Å². The summed E-state index contributed by atoms with van der Waals surface area (Å²) in [5.41, 5.74) is 0.935. The van der Waals surface area contributed by atoms with Crippen LogP contribution in [0.25, 0.3) is 0 Å². The molecule has 1 aromatic rings.